The number of rotatable bonds is 4. The van der Waals surface area contributed by atoms with E-state index in [1.54, 1.807) is 17.4 Å². The number of halogens is 1. The Morgan fingerprint density at radius 2 is 1.93 bits per heavy atom. The van der Waals surface area contributed by atoms with Crippen molar-refractivity contribution in [1.82, 2.24) is 4.98 Å². The van der Waals surface area contributed by atoms with Crippen LogP contribution in [0, 0.1) is 17.0 Å². The highest BCUT2D eigenvalue weighted by molar-refractivity contribution is 7.21. The zero-order valence-corrected chi connectivity index (χ0v) is 16.8. The lowest BCUT2D eigenvalue weighted by Crippen LogP contribution is -2.13. The first-order valence-corrected chi connectivity index (χ1v) is 9.84. The molecule has 1 amide bonds. The predicted octanol–water partition coefficient (Wildman–Crippen LogP) is 6.09. The number of thiazole rings is 1. The molecule has 4 rings (SSSR count). The molecule has 8 heteroatoms. The number of para-hydroxylation sites is 1. The number of carbonyl (C=O) groups excluding carboxylic acids is 1. The first-order valence-electron chi connectivity index (χ1n) is 8.64. The van der Waals surface area contributed by atoms with Crippen molar-refractivity contribution >= 4 is 50.4 Å². The molecule has 0 atom stereocenters. The molecule has 0 saturated carbocycles. The molecule has 144 valence electrons. The van der Waals surface area contributed by atoms with Crippen LogP contribution in [0.5, 0.6) is 0 Å². The fourth-order valence-corrected chi connectivity index (χ4v) is 4.07. The van der Waals surface area contributed by atoms with E-state index in [0.29, 0.717) is 5.69 Å². The summed E-state index contributed by atoms with van der Waals surface area (Å²) in [5.74, 6) is -0.444. The van der Waals surface area contributed by atoms with Gasteiger partial charge in [0.25, 0.3) is 11.6 Å². The van der Waals surface area contributed by atoms with Crippen LogP contribution >= 0.6 is 22.9 Å². The average Bonchev–Trinajstić information content (AvgIpc) is 3.13. The normalized spacial score (nSPS) is 10.8. The van der Waals surface area contributed by atoms with Gasteiger partial charge in [-0.25, -0.2) is 4.98 Å². The number of nitrogens with one attached hydrogen (secondary N) is 1. The number of nitrogens with zero attached hydrogens (tertiary/aromatic N) is 2. The summed E-state index contributed by atoms with van der Waals surface area (Å²) in [7, 11) is 0. The van der Waals surface area contributed by atoms with E-state index in [2.05, 4.69) is 10.3 Å². The maximum atomic E-state index is 12.5. The summed E-state index contributed by atoms with van der Waals surface area (Å²) >= 11 is 7.41. The van der Waals surface area contributed by atoms with Gasteiger partial charge in [0, 0.05) is 22.9 Å². The standard InChI is InChI=1S/C21H14ClN3O3S/c1-12-10-14(21-24-17-4-2-3-5-19(17)29-21)7-9-16(12)23-20(26)13-6-8-15(22)18(11-13)25(27)28/h2-11H,1H3,(H,23,26). The quantitative estimate of drug-likeness (QED) is 0.318. The monoisotopic (exact) mass is 423 g/mol. The molecule has 6 nitrogen and oxygen atoms in total. The summed E-state index contributed by atoms with van der Waals surface area (Å²) in [5.41, 5.74) is 3.25. The molecule has 0 bridgehead atoms. The molecule has 0 saturated heterocycles. The van der Waals surface area contributed by atoms with E-state index in [1.165, 1.54) is 18.2 Å². The van der Waals surface area contributed by atoms with Crippen LogP contribution in [0.4, 0.5) is 11.4 Å². The Kier molecular flexibility index (Phi) is 5.00. The van der Waals surface area contributed by atoms with Crippen LogP contribution in [0.15, 0.2) is 60.7 Å². The largest absolute Gasteiger partial charge is 0.322 e. The highest BCUT2D eigenvalue weighted by atomic mass is 35.5. The summed E-state index contributed by atoms with van der Waals surface area (Å²) in [5, 5.41) is 14.7. The number of aromatic nitrogens is 1. The smallest absolute Gasteiger partial charge is 0.288 e. The van der Waals surface area contributed by atoms with E-state index < -0.39 is 10.8 Å². The molecule has 29 heavy (non-hydrogen) atoms. The number of fused-ring (bicyclic) bond motifs is 1. The van der Waals surface area contributed by atoms with Gasteiger partial charge in [0.15, 0.2) is 0 Å². The minimum atomic E-state index is -0.614. The summed E-state index contributed by atoms with van der Waals surface area (Å²) in [6, 6.07) is 17.6. The third kappa shape index (κ3) is 3.83. The van der Waals surface area contributed by atoms with Crippen LogP contribution in [0.1, 0.15) is 15.9 Å². The van der Waals surface area contributed by atoms with E-state index in [0.717, 1.165) is 26.4 Å². The first kappa shape index (κ1) is 19.0. The minimum absolute atomic E-state index is 0.0112. The van der Waals surface area contributed by atoms with Gasteiger partial charge in [0.05, 0.1) is 15.1 Å². The molecule has 0 spiro atoms. The molecular weight excluding hydrogens is 410 g/mol. The van der Waals surface area contributed by atoms with E-state index in [1.807, 2.05) is 43.3 Å². The lowest BCUT2D eigenvalue weighted by molar-refractivity contribution is -0.384. The number of carbonyl (C=O) groups is 1. The lowest BCUT2D eigenvalue weighted by atomic mass is 10.1. The maximum Gasteiger partial charge on any atom is 0.288 e. The number of nitro groups is 1. The topological polar surface area (TPSA) is 85.1 Å². The Morgan fingerprint density at radius 1 is 1.14 bits per heavy atom. The molecule has 0 aliphatic heterocycles. The van der Waals surface area contributed by atoms with Gasteiger partial charge in [-0.15, -0.1) is 11.3 Å². The van der Waals surface area contributed by atoms with E-state index in [9.17, 15) is 14.9 Å². The van der Waals surface area contributed by atoms with Gasteiger partial charge < -0.3 is 5.32 Å². The maximum absolute atomic E-state index is 12.5. The van der Waals surface area contributed by atoms with Gasteiger partial charge in [-0.05, 0) is 55.0 Å². The lowest BCUT2D eigenvalue weighted by Gasteiger charge is -2.10. The highest BCUT2D eigenvalue weighted by Gasteiger charge is 2.17. The van der Waals surface area contributed by atoms with Gasteiger partial charge in [-0.2, -0.15) is 0 Å². The van der Waals surface area contributed by atoms with Crippen LogP contribution in [0.2, 0.25) is 5.02 Å². The number of aryl methyl sites for hydroxylation is 1. The summed E-state index contributed by atoms with van der Waals surface area (Å²) in [6.07, 6.45) is 0. The Labute approximate surface area is 174 Å². The third-order valence-corrected chi connectivity index (χ3v) is 5.83. The number of nitro benzene ring substituents is 1. The van der Waals surface area contributed by atoms with Crippen molar-refractivity contribution in [1.29, 1.82) is 0 Å². The summed E-state index contributed by atoms with van der Waals surface area (Å²) in [4.78, 5) is 27.6. The molecule has 1 N–H and O–H groups in total. The second-order valence-corrected chi connectivity index (χ2v) is 7.83. The zero-order valence-electron chi connectivity index (χ0n) is 15.2. The van der Waals surface area contributed by atoms with Gasteiger partial charge in [-0.3, -0.25) is 14.9 Å². The molecular formula is C21H14ClN3O3S. The van der Waals surface area contributed by atoms with Crippen molar-refractivity contribution in [3.63, 3.8) is 0 Å². The molecule has 0 unspecified atom stereocenters. The van der Waals surface area contributed by atoms with Crippen molar-refractivity contribution in [2.75, 3.05) is 5.32 Å². The van der Waals surface area contributed by atoms with Crippen LogP contribution in [-0.2, 0) is 0 Å². The minimum Gasteiger partial charge on any atom is -0.322 e. The Morgan fingerprint density at radius 3 is 2.66 bits per heavy atom. The summed E-state index contributed by atoms with van der Waals surface area (Å²) < 4.78 is 1.11. The average molecular weight is 424 g/mol. The Hall–Kier alpha value is -3.29. The van der Waals surface area contributed by atoms with E-state index in [-0.39, 0.29) is 16.3 Å². The van der Waals surface area contributed by atoms with Gasteiger partial charge in [0.2, 0.25) is 0 Å². The fourth-order valence-electron chi connectivity index (χ4n) is 2.92. The van der Waals surface area contributed by atoms with Gasteiger partial charge in [0.1, 0.15) is 10.0 Å². The summed E-state index contributed by atoms with van der Waals surface area (Å²) in [6.45, 7) is 1.89. The predicted molar refractivity (Wildman–Crippen MR) is 116 cm³/mol. The second-order valence-electron chi connectivity index (χ2n) is 6.39. The first-order chi connectivity index (χ1) is 13.9. The van der Waals surface area contributed by atoms with Crippen molar-refractivity contribution in [3.8, 4) is 10.6 Å². The molecule has 0 aliphatic rings. The molecule has 4 aromatic rings. The number of amides is 1. The van der Waals surface area contributed by atoms with Crippen molar-refractivity contribution in [2.45, 2.75) is 6.92 Å². The highest BCUT2D eigenvalue weighted by Crippen LogP contribution is 2.32. The second kappa shape index (κ2) is 7.62. The molecule has 0 fully saturated rings. The van der Waals surface area contributed by atoms with Crippen LogP contribution in [-0.4, -0.2) is 15.8 Å². The number of hydrogen-bond acceptors (Lipinski definition) is 5. The number of benzene rings is 3. The van der Waals surface area contributed by atoms with Crippen molar-refractivity contribution in [3.05, 3.63) is 86.9 Å². The third-order valence-electron chi connectivity index (χ3n) is 4.42. The van der Waals surface area contributed by atoms with E-state index >= 15 is 0 Å². The van der Waals surface area contributed by atoms with Crippen molar-refractivity contribution < 1.29 is 9.72 Å². The molecule has 0 aliphatic carbocycles. The molecule has 3 aromatic carbocycles. The van der Waals surface area contributed by atoms with E-state index in [4.69, 9.17) is 11.6 Å². The zero-order chi connectivity index (χ0) is 20.5. The fraction of sp³-hybridized carbons (Fsp3) is 0.0476. The van der Waals surface area contributed by atoms with Crippen molar-refractivity contribution in [2.24, 2.45) is 0 Å². The van der Waals surface area contributed by atoms with Crippen LogP contribution < -0.4 is 5.32 Å². The molecule has 1 heterocycles. The Balaban J connectivity index is 1.59. The van der Waals surface area contributed by atoms with Crippen LogP contribution in [0.3, 0.4) is 0 Å². The molecule has 1 aromatic heterocycles. The van der Waals surface area contributed by atoms with Gasteiger partial charge >= 0.3 is 0 Å². The molecule has 0 radical (unpaired) electrons. The Bertz CT molecular complexity index is 1240. The van der Waals surface area contributed by atoms with Crippen LogP contribution in [0.25, 0.3) is 20.8 Å². The van der Waals surface area contributed by atoms with Gasteiger partial charge in [-0.1, -0.05) is 23.7 Å². The number of hydrogen-bond donors (Lipinski definition) is 1. The SMILES string of the molecule is Cc1cc(-c2nc3ccccc3s2)ccc1NC(=O)c1ccc(Cl)c([N+](=O)[O-])c1. The number of anilines is 1.